The fourth-order valence-corrected chi connectivity index (χ4v) is 3.44. The Morgan fingerprint density at radius 3 is 2.79 bits per heavy atom. The van der Waals surface area contributed by atoms with E-state index in [0.717, 1.165) is 36.4 Å². The van der Waals surface area contributed by atoms with Crippen molar-refractivity contribution in [1.29, 1.82) is 0 Å². The number of likely N-dealkylation sites (tertiary alicyclic amines) is 1. The van der Waals surface area contributed by atoms with E-state index >= 15 is 0 Å². The Balaban J connectivity index is 1.78. The smallest absolute Gasteiger partial charge is 0.324 e. The zero-order valence-electron chi connectivity index (χ0n) is 14.1. The lowest BCUT2D eigenvalue weighted by Crippen LogP contribution is -2.41. The highest BCUT2D eigenvalue weighted by Gasteiger charge is 2.33. The molecule has 24 heavy (non-hydrogen) atoms. The van der Waals surface area contributed by atoms with E-state index < -0.39 is 0 Å². The molecule has 2 fully saturated rings. The van der Waals surface area contributed by atoms with Gasteiger partial charge in [-0.15, -0.1) is 0 Å². The van der Waals surface area contributed by atoms with Crippen molar-refractivity contribution in [3.05, 3.63) is 23.8 Å². The van der Waals surface area contributed by atoms with Crippen molar-refractivity contribution in [2.24, 2.45) is 0 Å². The lowest BCUT2D eigenvalue weighted by molar-refractivity contribution is -0.129. The van der Waals surface area contributed by atoms with Crippen LogP contribution < -0.4 is 14.8 Å². The molecule has 7 nitrogen and oxygen atoms in total. The number of amides is 3. The molecule has 0 bridgehead atoms. The number of hydrogen-bond donors (Lipinski definition) is 1. The molecule has 0 aliphatic carbocycles. The van der Waals surface area contributed by atoms with E-state index in [0.29, 0.717) is 13.1 Å². The van der Waals surface area contributed by atoms with Crippen molar-refractivity contribution in [1.82, 2.24) is 15.1 Å². The van der Waals surface area contributed by atoms with Gasteiger partial charge in [0.15, 0.2) is 0 Å². The Morgan fingerprint density at radius 2 is 2.12 bits per heavy atom. The summed E-state index contributed by atoms with van der Waals surface area (Å²) in [5.74, 6) is 1.40. The third kappa shape index (κ3) is 3.17. The molecule has 2 aliphatic heterocycles. The molecule has 1 aromatic carbocycles. The Kier molecular flexibility index (Phi) is 4.89. The summed E-state index contributed by atoms with van der Waals surface area (Å²) in [6, 6.07) is 5.51. The maximum Gasteiger partial charge on any atom is 0.324 e. The number of methoxy groups -OCH3 is 2. The van der Waals surface area contributed by atoms with Crippen LogP contribution in [0.5, 0.6) is 11.5 Å². The Morgan fingerprint density at radius 1 is 1.29 bits per heavy atom. The largest absolute Gasteiger partial charge is 0.497 e. The minimum atomic E-state index is -0.297. The Hall–Kier alpha value is -2.28. The highest BCUT2D eigenvalue weighted by Crippen LogP contribution is 2.38. The first kappa shape index (κ1) is 16.6. The summed E-state index contributed by atoms with van der Waals surface area (Å²) in [5.41, 5.74) is 1.02. The zero-order valence-corrected chi connectivity index (χ0v) is 14.1. The van der Waals surface area contributed by atoms with Crippen molar-refractivity contribution >= 4 is 11.9 Å². The van der Waals surface area contributed by atoms with Gasteiger partial charge in [-0.05, 0) is 37.6 Å². The van der Waals surface area contributed by atoms with Gasteiger partial charge in [-0.2, -0.15) is 0 Å². The minimum absolute atomic E-state index is 0.0877. The normalized spacial score (nSPS) is 21.0. The van der Waals surface area contributed by atoms with Crippen molar-refractivity contribution in [3.63, 3.8) is 0 Å². The number of rotatable bonds is 5. The summed E-state index contributed by atoms with van der Waals surface area (Å²) in [5, 5.41) is 2.66. The molecule has 3 rings (SSSR count). The average Bonchev–Trinajstić information content (AvgIpc) is 3.23. The van der Waals surface area contributed by atoms with E-state index in [4.69, 9.17) is 9.47 Å². The quantitative estimate of drug-likeness (QED) is 0.882. The number of nitrogens with zero attached hydrogens (tertiary/aromatic N) is 2. The predicted molar refractivity (Wildman–Crippen MR) is 88.2 cm³/mol. The summed E-state index contributed by atoms with van der Waals surface area (Å²) in [6.45, 7) is 2.03. The van der Waals surface area contributed by atoms with Gasteiger partial charge in [0.1, 0.15) is 11.5 Å². The summed E-state index contributed by atoms with van der Waals surface area (Å²) >= 11 is 0. The topological polar surface area (TPSA) is 71.1 Å². The van der Waals surface area contributed by atoms with Crippen molar-refractivity contribution in [3.8, 4) is 11.5 Å². The molecule has 2 saturated heterocycles. The van der Waals surface area contributed by atoms with Gasteiger partial charge in [-0.25, -0.2) is 4.79 Å². The molecule has 1 atom stereocenters. The van der Waals surface area contributed by atoms with Crippen LogP contribution in [-0.4, -0.2) is 62.1 Å². The number of imide groups is 1. The van der Waals surface area contributed by atoms with Crippen LogP contribution in [0.3, 0.4) is 0 Å². The number of ether oxygens (including phenoxy) is 2. The van der Waals surface area contributed by atoms with Crippen molar-refractivity contribution < 1.29 is 19.1 Å². The van der Waals surface area contributed by atoms with Gasteiger partial charge in [0.05, 0.1) is 20.8 Å². The molecule has 2 aliphatic rings. The van der Waals surface area contributed by atoms with Crippen LogP contribution >= 0.6 is 0 Å². The Labute approximate surface area is 141 Å². The molecule has 130 valence electrons. The predicted octanol–water partition coefficient (Wildman–Crippen LogP) is 1.39. The molecule has 0 aromatic heterocycles. The number of urea groups is 1. The first-order valence-electron chi connectivity index (χ1n) is 8.18. The van der Waals surface area contributed by atoms with Gasteiger partial charge < -0.3 is 14.8 Å². The van der Waals surface area contributed by atoms with E-state index in [-0.39, 0.29) is 24.5 Å². The number of hydrogen-bond acceptors (Lipinski definition) is 5. The lowest BCUT2D eigenvalue weighted by Gasteiger charge is -2.27. The van der Waals surface area contributed by atoms with Crippen molar-refractivity contribution in [2.45, 2.75) is 18.9 Å². The van der Waals surface area contributed by atoms with Crippen molar-refractivity contribution in [2.75, 3.05) is 40.4 Å². The molecular formula is C17H23N3O4. The molecule has 0 saturated carbocycles. The van der Waals surface area contributed by atoms with Gasteiger partial charge in [-0.1, -0.05) is 0 Å². The highest BCUT2D eigenvalue weighted by molar-refractivity contribution is 5.96. The van der Waals surface area contributed by atoms with Crippen LogP contribution in [0.1, 0.15) is 24.4 Å². The van der Waals surface area contributed by atoms with Gasteiger partial charge in [0, 0.05) is 24.7 Å². The maximum atomic E-state index is 12.4. The maximum absolute atomic E-state index is 12.4. The summed E-state index contributed by atoms with van der Waals surface area (Å²) in [4.78, 5) is 27.5. The number of benzene rings is 1. The second kappa shape index (κ2) is 7.09. The van der Waals surface area contributed by atoms with Gasteiger partial charge in [-0.3, -0.25) is 14.6 Å². The highest BCUT2D eigenvalue weighted by atomic mass is 16.5. The van der Waals surface area contributed by atoms with E-state index in [1.54, 1.807) is 14.2 Å². The van der Waals surface area contributed by atoms with Crippen LogP contribution in [0.15, 0.2) is 18.2 Å². The second-order valence-corrected chi connectivity index (χ2v) is 6.01. The molecule has 3 amide bonds. The SMILES string of the molecule is COc1ccc(OC)c([C@H]2CCCN2CC(=O)N2CCNC2=O)c1. The third-order valence-corrected chi connectivity index (χ3v) is 4.66. The number of nitrogens with one attached hydrogen (secondary N) is 1. The summed E-state index contributed by atoms with van der Waals surface area (Å²) in [6.07, 6.45) is 1.95. The standard InChI is InChI=1S/C17H23N3O4/c1-23-12-5-6-15(24-2)13(10-12)14-4-3-8-19(14)11-16(21)20-9-7-18-17(20)22/h5-6,10,14H,3-4,7-9,11H2,1-2H3,(H,18,22)/t14-/m1/s1. The van der Waals surface area contributed by atoms with Gasteiger partial charge in [0.2, 0.25) is 5.91 Å². The monoisotopic (exact) mass is 333 g/mol. The van der Waals surface area contributed by atoms with E-state index in [1.807, 2.05) is 18.2 Å². The molecular weight excluding hydrogens is 310 g/mol. The lowest BCUT2D eigenvalue weighted by atomic mass is 10.0. The van der Waals surface area contributed by atoms with Gasteiger partial charge in [0.25, 0.3) is 0 Å². The molecule has 1 N–H and O–H groups in total. The first-order chi connectivity index (χ1) is 11.6. The van der Waals surface area contributed by atoms with Gasteiger partial charge >= 0.3 is 6.03 Å². The first-order valence-corrected chi connectivity index (χ1v) is 8.18. The molecule has 0 unspecified atom stereocenters. The molecule has 0 spiro atoms. The third-order valence-electron chi connectivity index (χ3n) is 4.66. The van der Waals surface area contributed by atoms with Crippen LogP contribution in [-0.2, 0) is 4.79 Å². The summed E-state index contributed by atoms with van der Waals surface area (Å²) < 4.78 is 10.8. The fourth-order valence-electron chi connectivity index (χ4n) is 3.44. The molecule has 0 radical (unpaired) electrons. The number of carbonyl (C=O) groups excluding carboxylic acids is 2. The Bertz CT molecular complexity index is 634. The van der Waals surface area contributed by atoms with Crippen LogP contribution in [0.4, 0.5) is 4.79 Å². The second-order valence-electron chi connectivity index (χ2n) is 6.01. The van der Waals surface area contributed by atoms with E-state index in [9.17, 15) is 9.59 Å². The van der Waals surface area contributed by atoms with Crippen LogP contribution in [0.25, 0.3) is 0 Å². The van der Waals surface area contributed by atoms with E-state index in [1.165, 1.54) is 4.90 Å². The summed E-state index contributed by atoms with van der Waals surface area (Å²) in [7, 11) is 3.28. The minimum Gasteiger partial charge on any atom is -0.497 e. The average molecular weight is 333 g/mol. The van der Waals surface area contributed by atoms with E-state index in [2.05, 4.69) is 10.2 Å². The molecule has 7 heteroatoms. The molecule has 1 aromatic rings. The van der Waals surface area contributed by atoms with Crippen LogP contribution in [0, 0.1) is 0 Å². The fraction of sp³-hybridized carbons (Fsp3) is 0.529. The van der Waals surface area contributed by atoms with Crippen LogP contribution in [0.2, 0.25) is 0 Å². The number of carbonyl (C=O) groups is 2. The zero-order chi connectivity index (χ0) is 17.1. The molecule has 2 heterocycles.